The molecule has 0 radical (unpaired) electrons. The highest BCUT2D eigenvalue weighted by molar-refractivity contribution is 6.33. The Morgan fingerprint density at radius 1 is 1.12 bits per heavy atom. The number of nitrogens with one attached hydrogen (secondary N) is 2. The zero-order chi connectivity index (χ0) is 17.8. The van der Waals surface area contributed by atoms with Gasteiger partial charge in [-0.2, -0.15) is 0 Å². The number of carbonyl (C=O) groups is 1. The van der Waals surface area contributed by atoms with Crippen molar-refractivity contribution in [1.29, 1.82) is 0 Å². The molecule has 1 aliphatic rings. The van der Waals surface area contributed by atoms with E-state index in [9.17, 15) is 4.79 Å². The van der Waals surface area contributed by atoms with Crippen molar-refractivity contribution >= 4 is 40.5 Å². The molecule has 0 bridgehead atoms. The van der Waals surface area contributed by atoms with Crippen LogP contribution in [0, 0.1) is 0 Å². The van der Waals surface area contributed by atoms with Gasteiger partial charge < -0.3 is 15.1 Å². The molecule has 0 saturated carbocycles. The van der Waals surface area contributed by atoms with Crippen molar-refractivity contribution in [2.75, 3.05) is 36.4 Å². The van der Waals surface area contributed by atoms with Gasteiger partial charge in [0.2, 0.25) is 0 Å². The highest BCUT2D eigenvalue weighted by atomic mass is 35.5. The molecule has 1 fully saturated rings. The summed E-state index contributed by atoms with van der Waals surface area (Å²) < 4.78 is 0. The van der Waals surface area contributed by atoms with E-state index in [1.165, 1.54) is 4.90 Å². The first-order chi connectivity index (χ1) is 12.0. The zero-order valence-electron chi connectivity index (χ0n) is 14.1. The third kappa shape index (κ3) is 4.46. The number of halogens is 2. The van der Waals surface area contributed by atoms with Crippen LogP contribution >= 0.6 is 23.2 Å². The third-order valence-electron chi connectivity index (χ3n) is 4.72. The molecule has 1 aliphatic heterocycles. The van der Waals surface area contributed by atoms with E-state index >= 15 is 0 Å². The second-order valence-corrected chi connectivity index (χ2v) is 7.16. The normalized spacial score (nSPS) is 16.5. The Labute approximate surface area is 158 Å². The Kier molecular flexibility index (Phi) is 5.84. The first-order valence-electron chi connectivity index (χ1n) is 8.45. The van der Waals surface area contributed by atoms with Crippen molar-refractivity contribution in [2.45, 2.75) is 13.0 Å². The van der Waals surface area contributed by atoms with E-state index in [1.54, 1.807) is 6.07 Å². The molecule has 2 N–H and O–H groups in total. The summed E-state index contributed by atoms with van der Waals surface area (Å²) in [6, 6.07) is 15.1. The van der Waals surface area contributed by atoms with Crippen molar-refractivity contribution in [3.8, 4) is 0 Å². The van der Waals surface area contributed by atoms with Gasteiger partial charge in [0.25, 0.3) is 5.91 Å². The minimum Gasteiger partial charge on any atom is -0.360 e. The van der Waals surface area contributed by atoms with Crippen molar-refractivity contribution in [2.24, 2.45) is 0 Å². The number of carbonyl (C=O) groups excluding carboxylic acids is 1. The summed E-state index contributed by atoms with van der Waals surface area (Å²) in [5, 5.41) is 4.24. The van der Waals surface area contributed by atoms with E-state index in [0.717, 1.165) is 36.9 Å². The number of rotatable bonds is 4. The van der Waals surface area contributed by atoms with Gasteiger partial charge in [-0.3, -0.25) is 4.79 Å². The second kappa shape index (κ2) is 8.09. The Hall–Kier alpha value is -1.75. The fourth-order valence-electron chi connectivity index (χ4n) is 3.15. The average molecular weight is 379 g/mol. The summed E-state index contributed by atoms with van der Waals surface area (Å²) in [6.07, 6.45) is 0. The van der Waals surface area contributed by atoms with Crippen molar-refractivity contribution in [1.82, 2.24) is 0 Å². The van der Waals surface area contributed by atoms with Crippen LogP contribution in [-0.2, 0) is 4.79 Å². The standard InChI is InChI=1S/C19H21Cl2N3O/c1-14(19(25)22-18-8-3-2-7-17(18)21)23-9-11-24(12-10-23)16-6-4-5-15(20)13-16/h2-8,13-14H,9-12H2,1H3,(H,22,25)/p+1/t14-/m1/s1. The number of piperazine rings is 1. The number of para-hydroxylation sites is 1. The van der Waals surface area contributed by atoms with Crippen molar-refractivity contribution < 1.29 is 9.69 Å². The molecule has 2 aromatic carbocycles. The monoisotopic (exact) mass is 378 g/mol. The van der Waals surface area contributed by atoms with Gasteiger partial charge in [-0.1, -0.05) is 41.4 Å². The van der Waals surface area contributed by atoms with Crippen LogP contribution in [0.4, 0.5) is 11.4 Å². The quantitative estimate of drug-likeness (QED) is 0.857. The number of anilines is 2. The molecule has 1 atom stereocenters. The number of nitrogens with zero attached hydrogens (tertiary/aromatic N) is 1. The van der Waals surface area contributed by atoms with Gasteiger partial charge in [-0.15, -0.1) is 0 Å². The van der Waals surface area contributed by atoms with Gasteiger partial charge in [-0.05, 0) is 37.3 Å². The number of benzene rings is 2. The lowest BCUT2D eigenvalue weighted by Crippen LogP contribution is -3.19. The molecule has 0 spiro atoms. The third-order valence-corrected chi connectivity index (χ3v) is 5.28. The van der Waals surface area contributed by atoms with Crippen LogP contribution in [0.15, 0.2) is 48.5 Å². The Balaban J connectivity index is 1.57. The zero-order valence-corrected chi connectivity index (χ0v) is 15.6. The fraction of sp³-hybridized carbons (Fsp3) is 0.316. The van der Waals surface area contributed by atoms with Gasteiger partial charge in [0.15, 0.2) is 6.04 Å². The van der Waals surface area contributed by atoms with Gasteiger partial charge >= 0.3 is 0 Å². The van der Waals surface area contributed by atoms with Crippen LogP contribution in [0.25, 0.3) is 0 Å². The minimum atomic E-state index is -0.127. The fourth-order valence-corrected chi connectivity index (χ4v) is 3.51. The molecule has 132 valence electrons. The minimum absolute atomic E-state index is 0.000643. The summed E-state index contributed by atoms with van der Waals surface area (Å²) in [7, 11) is 0. The second-order valence-electron chi connectivity index (χ2n) is 6.32. The van der Waals surface area contributed by atoms with Crippen LogP contribution in [0.1, 0.15) is 6.92 Å². The van der Waals surface area contributed by atoms with Crippen LogP contribution < -0.4 is 15.1 Å². The highest BCUT2D eigenvalue weighted by Crippen LogP contribution is 2.21. The van der Waals surface area contributed by atoms with Crippen LogP contribution in [0.3, 0.4) is 0 Å². The van der Waals surface area contributed by atoms with Crippen molar-refractivity contribution in [3.05, 3.63) is 58.6 Å². The van der Waals surface area contributed by atoms with Gasteiger partial charge in [0.1, 0.15) is 0 Å². The molecular formula is C19H22Cl2N3O+. The maximum absolute atomic E-state index is 12.5. The number of amides is 1. The smallest absolute Gasteiger partial charge is 0.282 e. The number of quaternary nitrogens is 1. The molecule has 0 unspecified atom stereocenters. The maximum atomic E-state index is 12.5. The van der Waals surface area contributed by atoms with E-state index in [1.807, 2.05) is 43.3 Å². The Morgan fingerprint density at radius 3 is 2.52 bits per heavy atom. The van der Waals surface area contributed by atoms with Crippen LogP contribution in [0.5, 0.6) is 0 Å². The van der Waals surface area contributed by atoms with E-state index < -0.39 is 0 Å². The van der Waals surface area contributed by atoms with E-state index in [2.05, 4.69) is 16.3 Å². The summed E-state index contributed by atoms with van der Waals surface area (Å²) in [4.78, 5) is 16.1. The largest absolute Gasteiger partial charge is 0.360 e. The lowest BCUT2D eigenvalue weighted by atomic mass is 10.2. The Bertz CT molecular complexity index is 745. The number of hydrogen-bond acceptors (Lipinski definition) is 2. The van der Waals surface area contributed by atoms with E-state index in [-0.39, 0.29) is 11.9 Å². The van der Waals surface area contributed by atoms with Crippen molar-refractivity contribution in [3.63, 3.8) is 0 Å². The molecule has 4 nitrogen and oxygen atoms in total. The topological polar surface area (TPSA) is 36.8 Å². The summed E-state index contributed by atoms with van der Waals surface area (Å²) in [6.45, 7) is 5.59. The maximum Gasteiger partial charge on any atom is 0.282 e. The summed E-state index contributed by atoms with van der Waals surface area (Å²) in [5.74, 6) is -0.000643. The van der Waals surface area contributed by atoms with Gasteiger partial charge in [0.05, 0.1) is 36.9 Å². The predicted molar refractivity (Wildman–Crippen MR) is 104 cm³/mol. The molecular weight excluding hydrogens is 357 g/mol. The van der Waals surface area contributed by atoms with E-state index in [4.69, 9.17) is 23.2 Å². The summed E-state index contributed by atoms with van der Waals surface area (Å²) in [5.41, 5.74) is 1.80. The molecule has 0 aliphatic carbocycles. The molecule has 0 aromatic heterocycles. The van der Waals surface area contributed by atoms with Crippen LogP contribution in [0.2, 0.25) is 10.0 Å². The molecule has 6 heteroatoms. The first-order valence-corrected chi connectivity index (χ1v) is 9.20. The Morgan fingerprint density at radius 2 is 1.84 bits per heavy atom. The molecule has 1 saturated heterocycles. The highest BCUT2D eigenvalue weighted by Gasteiger charge is 2.29. The average Bonchev–Trinajstić information content (AvgIpc) is 2.63. The lowest BCUT2D eigenvalue weighted by molar-refractivity contribution is -0.914. The van der Waals surface area contributed by atoms with Crippen LogP contribution in [-0.4, -0.2) is 38.1 Å². The molecule has 1 amide bonds. The molecule has 2 aromatic rings. The summed E-state index contributed by atoms with van der Waals surface area (Å²) >= 11 is 12.2. The SMILES string of the molecule is C[C@H](C(=O)Nc1ccccc1Cl)[NH+]1CCN(c2cccc(Cl)c2)CC1. The first kappa shape index (κ1) is 18.1. The van der Waals surface area contributed by atoms with Gasteiger partial charge in [0, 0.05) is 10.7 Å². The lowest BCUT2D eigenvalue weighted by Gasteiger charge is -2.36. The molecule has 3 rings (SSSR count). The number of hydrogen-bond donors (Lipinski definition) is 2. The molecule has 25 heavy (non-hydrogen) atoms. The van der Waals surface area contributed by atoms with E-state index in [0.29, 0.717) is 10.7 Å². The molecule has 1 heterocycles. The predicted octanol–water partition coefficient (Wildman–Crippen LogP) is 2.73. The van der Waals surface area contributed by atoms with Gasteiger partial charge in [-0.25, -0.2) is 0 Å².